The number of ether oxygens (including phenoxy) is 2. The maximum atomic E-state index is 12.5. The lowest BCUT2D eigenvalue weighted by Gasteiger charge is -2.33. The van der Waals surface area contributed by atoms with Crippen LogP contribution in [-0.2, 0) is 23.9 Å². The van der Waals surface area contributed by atoms with E-state index < -0.39 is 18.2 Å². The molecule has 0 amide bonds. The van der Waals surface area contributed by atoms with Crippen molar-refractivity contribution in [2.24, 2.45) is 11.8 Å². The molecule has 1 rings (SSSR count). The van der Waals surface area contributed by atoms with E-state index in [-0.39, 0.29) is 23.6 Å². The highest BCUT2D eigenvalue weighted by Crippen LogP contribution is 2.34. The first kappa shape index (κ1) is 20.1. The zero-order valence-electron chi connectivity index (χ0n) is 15.3. The van der Waals surface area contributed by atoms with E-state index in [0.29, 0.717) is 18.4 Å². The number of rotatable bonds is 7. The maximum Gasteiger partial charge on any atom is 0.303 e. The van der Waals surface area contributed by atoms with Crippen molar-refractivity contribution in [3.8, 4) is 0 Å². The van der Waals surface area contributed by atoms with Gasteiger partial charge >= 0.3 is 11.9 Å². The van der Waals surface area contributed by atoms with Crippen LogP contribution in [0.4, 0.5) is 0 Å². The van der Waals surface area contributed by atoms with E-state index in [0.717, 1.165) is 12.0 Å². The van der Waals surface area contributed by atoms with Crippen LogP contribution in [0.2, 0.25) is 0 Å². The van der Waals surface area contributed by atoms with E-state index in [1.54, 1.807) is 0 Å². The third-order valence-corrected chi connectivity index (χ3v) is 4.00. The molecule has 24 heavy (non-hydrogen) atoms. The molecule has 0 aliphatic heterocycles. The second-order valence-corrected chi connectivity index (χ2v) is 6.86. The summed E-state index contributed by atoms with van der Waals surface area (Å²) < 4.78 is 10.6. The third kappa shape index (κ3) is 5.95. The summed E-state index contributed by atoms with van der Waals surface area (Å²) in [5, 5.41) is 0. The van der Waals surface area contributed by atoms with Crippen molar-refractivity contribution in [3.63, 3.8) is 0 Å². The number of Topliss-reactive ketones (excluding diaryl/α,β-unsaturated/α-hetero) is 1. The molecule has 0 bridgehead atoms. The molecule has 0 aromatic rings. The van der Waals surface area contributed by atoms with Crippen LogP contribution in [0.15, 0.2) is 23.8 Å². The largest absolute Gasteiger partial charge is 0.458 e. The first-order valence-corrected chi connectivity index (χ1v) is 8.35. The number of esters is 2. The number of carbonyl (C=O) groups is 3. The van der Waals surface area contributed by atoms with Gasteiger partial charge in [0.05, 0.1) is 0 Å². The SMILES string of the molecule is C=C(C(OC(C)=O)C(=O)CC(C)C)[C@@H]1CCC(C)=C[C@H]1OC(C)=O. The molecule has 0 aromatic carbocycles. The summed E-state index contributed by atoms with van der Waals surface area (Å²) in [6.07, 6.45) is 2.25. The van der Waals surface area contributed by atoms with Crippen molar-refractivity contribution in [2.45, 2.75) is 66.1 Å². The molecule has 0 saturated carbocycles. The highest BCUT2D eigenvalue weighted by molar-refractivity contribution is 5.88. The van der Waals surface area contributed by atoms with Crippen LogP contribution in [0.3, 0.4) is 0 Å². The van der Waals surface area contributed by atoms with E-state index in [9.17, 15) is 14.4 Å². The number of hydrogen-bond acceptors (Lipinski definition) is 5. The molecule has 5 heteroatoms. The van der Waals surface area contributed by atoms with Gasteiger partial charge in [-0.1, -0.05) is 26.0 Å². The quantitative estimate of drug-likeness (QED) is 0.526. The highest BCUT2D eigenvalue weighted by Gasteiger charge is 2.36. The number of allylic oxidation sites excluding steroid dienone is 1. The summed E-state index contributed by atoms with van der Waals surface area (Å²) in [5.74, 6) is -1.16. The van der Waals surface area contributed by atoms with Crippen molar-refractivity contribution in [1.82, 2.24) is 0 Å². The Morgan fingerprint density at radius 2 is 1.88 bits per heavy atom. The van der Waals surface area contributed by atoms with Gasteiger partial charge in [0.15, 0.2) is 11.9 Å². The summed E-state index contributed by atoms with van der Waals surface area (Å²) in [4.78, 5) is 35.3. The minimum Gasteiger partial charge on any atom is -0.458 e. The van der Waals surface area contributed by atoms with Crippen molar-refractivity contribution < 1.29 is 23.9 Å². The zero-order valence-corrected chi connectivity index (χ0v) is 15.3. The fourth-order valence-corrected chi connectivity index (χ4v) is 2.95. The fourth-order valence-electron chi connectivity index (χ4n) is 2.95. The minimum absolute atomic E-state index is 0.154. The zero-order chi connectivity index (χ0) is 18.4. The van der Waals surface area contributed by atoms with Crippen LogP contribution in [0.25, 0.3) is 0 Å². The van der Waals surface area contributed by atoms with Gasteiger partial charge in [0.2, 0.25) is 0 Å². The molecule has 0 spiro atoms. The molecule has 0 fully saturated rings. The Morgan fingerprint density at radius 1 is 1.25 bits per heavy atom. The lowest BCUT2D eigenvalue weighted by atomic mass is 9.79. The number of hydrogen-bond donors (Lipinski definition) is 0. The molecule has 0 saturated heterocycles. The Morgan fingerprint density at radius 3 is 2.38 bits per heavy atom. The molecule has 0 aromatic heterocycles. The Balaban J connectivity index is 3.03. The lowest BCUT2D eigenvalue weighted by Crippen LogP contribution is -2.37. The molecule has 0 heterocycles. The summed E-state index contributed by atoms with van der Waals surface area (Å²) in [7, 11) is 0. The normalized spacial score (nSPS) is 21.7. The topological polar surface area (TPSA) is 69.7 Å². The molecule has 5 nitrogen and oxygen atoms in total. The average Bonchev–Trinajstić information content (AvgIpc) is 2.42. The van der Waals surface area contributed by atoms with Gasteiger partial charge in [-0.2, -0.15) is 0 Å². The van der Waals surface area contributed by atoms with Gasteiger partial charge in [0.1, 0.15) is 6.10 Å². The van der Waals surface area contributed by atoms with Gasteiger partial charge in [0.25, 0.3) is 0 Å². The van der Waals surface area contributed by atoms with Gasteiger partial charge in [-0.05, 0) is 37.3 Å². The van der Waals surface area contributed by atoms with Gasteiger partial charge < -0.3 is 9.47 Å². The van der Waals surface area contributed by atoms with Gasteiger partial charge in [-0.3, -0.25) is 14.4 Å². The molecule has 1 unspecified atom stereocenters. The molecule has 0 N–H and O–H groups in total. The molecule has 1 aliphatic rings. The molecule has 1 aliphatic carbocycles. The third-order valence-electron chi connectivity index (χ3n) is 4.00. The van der Waals surface area contributed by atoms with Crippen molar-refractivity contribution in [3.05, 3.63) is 23.8 Å². The molecule has 134 valence electrons. The highest BCUT2D eigenvalue weighted by atomic mass is 16.6. The minimum atomic E-state index is -0.986. The molecule has 0 radical (unpaired) electrons. The Hall–Kier alpha value is -1.91. The molecular formula is C19H28O5. The number of ketones is 1. The number of carbonyl (C=O) groups excluding carboxylic acids is 3. The Labute approximate surface area is 144 Å². The van der Waals surface area contributed by atoms with Crippen LogP contribution in [0.5, 0.6) is 0 Å². The van der Waals surface area contributed by atoms with Gasteiger partial charge in [-0.15, -0.1) is 0 Å². The summed E-state index contributed by atoms with van der Waals surface area (Å²) in [5.41, 5.74) is 1.63. The van der Waals surface area contributed by atoms with E-state index in [1.807, 2.05) is 26.8 Å². The van der Waals surface area contributed by atoms with Crippen LogP contribution in [-0.4, -0.2) is 29.9 Å². The first-order chi connectivity index (χ1) is 11.1. The van der Waals surface area contributed by atoms with Crippen molar-refractivity contribution in [1.29, 1.82) is 0 Å². The standard InChI is InChI=1S/C19H28O5/c1-11(2)9-17(22)19(24-15(6)21)13(4)16-8-7-12(3)10-18(16)23-14(5)20/h10-11,16,18-19H,4,7-9H2,1-3,5-6H3/t16-,18+,19?/m0/s1. The Kier molecular flexibility index (Phi) is 7.39. The van der Waals surface area contributed by atoms with Crippen molar-refractivity contribution in [2.75, 3.05) is 0 Å². The predicted octanol–water partition coefficient (Wildman–Crippen LogP) is 3.38. The van der Waals surface area contributed by atoms with E-state index in [2.05, 4.69) is 6.58 Å². The maximum absolute atomic E-state index is 12.5. The summed E-state index contributed by atoms with van der Waals surface area (Å²) in [6, 6.07) is 0. The van der Waals surface area contributed by atoms with Gasteiger partial charge in [0, 0.05) is 26.2 Å². The monoisotopic (exact) mass is 336 g/mol. The first-order valence-electron chi connectivity index (χ1n) is 8.35. The average molecular weight is 336 g/mol. The lowest BCUT2D eigenvalue weighted by molar-refractivity contribution is -0.153. The van der Waals surface area contributed by atoms with Crippen LogP contribution in [0, 0.1) is 11.8 Å². The summed E-state index contributed by atoms with van der Waals surface area (Å²) in [6.45, 7) is 12.5. The predicted molar refractivity (Wildman–Crippen MR) is 91.2 cm³/mol. The van der Waals surface area contributed by atoms with Crippen LogP contribution in [0.1, 0.15) is 53.9 Å². The van der Waals surface area contributed by atoms with Crippen LogP contribution < -0.4 is 0 Å². The second-order valence-electron chi connectivity index (χ2n) is 6.86. The molecular weight excluding hydrogens is 308 g/mol. The fraction of sp³-hybridized carbons (Fsp3) is 0.632. The summed E-state index contributed by atoms with van der Waals surface area (Å²) >= 11 is 0. The van der Waals surface area contributed by atoms with E-state index >= 15 is 0 Å². The smallest absolute Gasteiger partial charge is 0.303 e. The molecule has 3 atom stereocenters. The van der Waals surface area contributed by atoms with Gasteiger partial charge in [-0.25, -0.2) is 0 Å². The van der Waals surface area contributed by atoms with E-state index in [4.69, 9.17) is 9.47 Å². The second kappa shape index (κ2) is 8.81. The van der Waals surface area contributed by atoms with Crippen LogP contribution >= 0.6 is 0 Å². The van der Waals surface area contributed by atoms with E-state index in [1.165, 1.54) is 13.8 Å². The Bertz CT molecular complexity index is 544. The van der Waals surface area contributed by atoms with Crippen molar-refractivity contribution >= 4 is 17.7 Å².